The molecule has 2 aromatic carbocycles. The number of nitrogens with one attached hydrogen (secondary N) is 1. The van der Waals surface area contributed by atoms with E-state index in [2.05, 4.69) is 20.7 Å². The summed E-state index contributed by atoms with van der Waals surface area (Å²) in [6.45, 7) is 1.84. The third kappa shape index (κ3) is 4.30. The average Bonchev–Trinajstić information content (AvgIpc) is 2.44. The molecule has 0 unspecified atom stereocenters. The number of aliphatic hydroxyl groups is 1. The third-order valence-corrected chi connectivity index (χ3v) is 5.32. The highest BCUT2D eigenvalue weighted by Crippen LogP contribution is 2.27. The predicted octanol–water partition coefficient (Wildman–Crippen LogP) is 3.19. The van der Waals surface area contributed by atoms with Crippen LogP contribution in [0.15, 0.2) is 46.9 Å². The minimum atomic E-state index is -3.49. The molecule has 6 heteroatoms. The molecule has 0 aromatic heterocycles. The van der Waals surface area contributed by atoms with Crippen molar-refractivity contribution in [1.82, 2.24) is 0 Å². The zero-order valence-electron chi connectivity index (χ0n) is 11.5. The Bertz CT molecular complexity index is 727. The highest BCUT2D eigenvalue weighted by molar-refractivity contribution is 9.10. The molecule has 0 spiro atoms. The highest BCUT2D eigenvalue weighted by Gasteiger charge is 2.14. The van der Waals surface area contributed by atoms with Gasteiger partial charge in [-0.25, -0.2) is 8.42 Å². The molecule has 0 bridgehead atoms. The second kappa shape index (κ2) is 6.60. The molecule has 0 amide bonds. The Labute approximate surface area is 133 Å². The van der Waals surface area contributed by atoms with Gasteiger partial charge in [-0.3, -0.25) is 4.72 Å². The maximum absolute atomic E-state index is 12.2. The van der Waals surface area contributed by atoms with Gasteiger partial charge in [-0.05, 0) is 45.6 Å². The van der Waals surface area contributed by atoms with Crippen molar-refractivity contribution in [2.75, 3.05) is 4.72 Å². The standard InChI is InChI=1S/C15H16BrNO3S/c1-11-3-2-4-14(15(11)16)17-21(19,20)10-13-7-5-12(9-18)6-8-13/h2-8,17-18H,9-10H2,1H3. The lowest BCUT2D eigenvalue weighted by Gasteiger charge is -2.11. The van der Waals surface area contributed by atoms with Crippen LogP contribution in [-0.2, 0) is 22.4 Å². The van der Waals surface area contributed by atoms with E-state index >= 15 is 0 Å². The highest BCUT2D eigenvalue weighted by atomic mass is 79.9. The number of rotatable bonds is 5. The average molecular weight is 370 g/mol. The molecule has 112 valence electrons. The van der Waals surface area contributed by atoms with Crippen LogP contribution in [0, 0.1) is 6.92 Å². The molecule has 0 radical (unpaired) electrons. The zero-order chi connectivity index (χ0) is 15.5. The van der Waals surface area contributed by atoms with Crippen LogP contribution in [0.1, 0.15) is 16.7 Å². The molecule has 0 saturated carbocycles. The van der Waals surface area contributed by atoms with Gasteiger partial charge in [0.05, 0.1) is 18.0 Å². The van der Waals surface area contributed by atoms with Crippen LogP contribution in [0.5, 0.6) is 0 Å². The maximum atomic E-state index is 12.2. The van der Waals surface area contributed by atoms with Crippen LogP contribution in [-0.4, -0.2) is 13.5 Å². The lowest BCUT2D eigenvalue weighted by molar-refractivity contribution is 0.282. The first-order chi connectivity index (χ1) is 9.91. The van der Waals surface area contributed by atoms with Crippen LogP contribution >= 0.6 is 15.9 Å². The van der Waals surface area contributed by atoms with E-state index in [1.807, 2.05) is 13.0 Å². The molecule has 0 aliphatic rings. The van der Waals surface area contributed by atoms with E-state index in [0.29, 0.717) is 11.3 Å². The van der Waals surface area contributed by atoms with Gasteiger partial charge in [0.1, 0.15) is 0 Å². The van der Waals surface area contributed by atoms with Gasteiger partial charge in [-0.15, -0.1) is 0 Å². The molecule has 4 nitrogen and oxygen atoms in total. The number of aliphatic hydroxyl groups excluding tert-OH is 1. The van der Waals surface area contributed by atoms with Crippen molar-refractivity contribution in [3.8, 4) is 0 Å². The van der Waals surface area contributed by atoms with Crippen molar-refractivity contribution in [1.29, 1.82) is 0 Å². The summed E-state index contributed by atoms with van der Waals surface area (Å²) in [5.41, 5.74) is 2.92. The van der Waals surface area contributed by atoms with Crippen LogP contribution < -0.4 is 4.72 Å². The summed E-state index contributed by atoms with van der Waals surface area (Å²) in [6.07, 6.45) is 0. The number of aryl methyl sites for hydroxylation is 1. The van der Waals surface area contributed by atoms with Crippen LogP contribution in [0.2, 0.25) is 0 Å². The topological polar surface area (TPSA) is 66.4 Å². The summed E-state index contributed by atoms with van der Waals surface area (Å²) in [7, 11) is -3.49. The van der Waals surface area contributed by atoms with E-state index in [4.69, 9.17) is 5.11 Å². The van der Waals surface area contributed by atoms with Crippen molar-refractivity contribution in [3.05, 3.63) is 63.6 Å². The van der Waals surface area contributed by atoms with Gasteiger partial charge in [0.25, 0.3) is 0 Å². The normalized spacial score (nSPS) is 11.4. The van der Waals surface area contributed by atoms with Gasteiger partial charge in [0.2, 0.25) is 10.0 Å². The van der Waals surface area contributed by atoms with E-state index in [9.17, 15) is 8.42 Å². The van der Waals surface area contributed by atoms with Crippen molar-refractivity contribution in [3.63, 3.8) is 0 Å². The first-order valence-electron chi connectivity index (χ1n) is 6.35. The quantitative estimate of drug-likeness (QED) is 0.850. The Morgan fingerprint density at radius 2 is 1.71 bits per heavy atom. The van der Waals surface area contributed by atoms with Gasteiger partial charge in [0.15, 0.2) is 0 Å². The Hall–Kier alpha value is -1.37. The Balaban J connectivity index is 2.16. The molecule has 21 heavy (non-hydrogen) atoms. The third-order valence-electron chi connectivity index (χ3n) is 3.02. The van der Waals surface area contributed by atoms with Gasteiger partial charge in [0, 0.05) is 4.47 Å². The van der Waals surface area contributed by atoms with Crippen LogP contribution in [0.3, 0.4) is 0 Å². The van der Waals surface area contributed by atoms with E-state index < -0.39 is 10.0 Å². The lowest BCUT2D eigenvalue weighted by Crippen LogP contribution is -2.15. The van der Waals surface area contributed by atoms with Crippen molar-refractivity contribution in [2.45, 2.75) is 19.3 Å². The summed E-state index contributed by atoms with van der Waals surface area (Å²) in [6, 6.07) is 12.2. The molecular weight excluding hydrogens is 354 g/mol. The molecule has 0 aliphatic heterocycles. The molecule has 0 heterocycles. The Morgan fingerprint density at radius 3 is 2.33 bits per heavy atom. The predicted molar refractivity (Wildman–Crippen MR) is 87.5 cm³/mol. The fourth-order valence-electron chi connectivity index (χ4n) is 1.89. The Morgan fingerprint density at radius 1 is 1.10 bits per heavy atom. The largest absolute Gasteiger partial charge is 0.392 e. The van der Waals surface area contributed by atoms with Gasteiger partial charge >= 0.3 is 0 Å². The van der Waals surface area contributed by atoms with Crippen LogP contribution in [0.4, 0.5) is 5.69 Å². The molecular formula is C15H16BrNO3S. The number of hydrogen-bond acceptors (Lipinski definition) is 3. The smallest absolute Gasteiger partial charge is 0.236 e. The number of halogens is 1. The summed E-state index contributed by atoms with van der Waals surface area (Å²) in [5.74, 6) is -0.112. The van der Waals surface area contributed by atoms with Gasteiger partial charge in [-0.1, -0.05) is 36.4 Å². The molecule has 0 aliphatic carbocycles. The van der Waals surface area contributed by atoms with E-state index in [-0.39, 0.29) is 12.4 Å². The number of hydrogen-bond donors (Lipinski definition) is 2. The SMILES string of the molecule is Cc1cccc(NS(=O)(=O)Cc2ccc(CO)cc2)c1Br. The first-order valence-corrected chi connectivity index (χ1v) is 8.80. The molecule has 2 rings (SSSR count). The van der Waals surface area contributed by atoms with Crippen molar-refractivity contribution < 1.29 is 13.5 Å². The molecule has 2 aromatic rings. The molecule has 0 fully saturated rings. The van der Waals surface area contributed by atoms with Crippen LogP contribution in [0.25, 0.3) is 0 Å². The zero-order valence-corrected chi connectivity index (χ0v) is 13.9. The summed E-state index contributed by atoms with van der Waals surface area (Å²) < 4.78 is 27.7. The number of benzene rings is 2. The molecule has 2 N–H and O–H groups in total. The van der Waals surface area contributed by atoms with E-state index in [1.54, 1.807) is 36.4 Å². The lowest BCUT2D eigenvalue weighted by atomic mass is 10.2. The fourth-order valence-corrected chi connectivity index (χ4v) is 3.59. The number of anilines is 1. The summed E-state index contributed by atoms with van der Waals surface area (Å²) in [5, 5.41) is 8.98. The van der Waals surface area contributed by atoms with Gasteiger partial charge in [-0.2, -0.15) is 0 Å². The van der Waals surface area contributed by atoms with Gasteiger partial charge < -0.3 is 5.11 Å². The summed E-state index contributed by atoms with van der Waals surface area (Å²) >= 11 is 3.38. The van der Waals surface area contributed by atoms with E-state index in [0.717, 1.165) is 15.6 Å². The minimum Gasteiger partial charge on any atom is -0.392 e. The molecule has 0 atom stereocenters. The first kappa shape index (κ1) is 16.0. The Kier molecular flexibility index (Phi) is 5.03. The number of sulfonamides is 1. The van der Waals surface area contributed by atoms with Crippen molar-refractivity contribution in [2.24, 2.45) is 0 Å². The second-order valence-corrected chi connectivity index (χ2v) is 7.29. The molecule has 0 saturated heterocycles. The van der Waals surface area contributed by atoms with E-state index in [1.165, 1.54) is 0 Å². The van der Waals surface area contributed by atoms with Crippen molar-refractivity contribution >= 4 is 31.6 Å². The fraction of sp³-hybridized carbons (Fsp3) is 0.200. The minimum absolute atomic E-state index is 0.0540. The summed E-state index contributed by atoms with van der Waals surface area (Å²) in [4.78, 5) is 0. The second-order valence-electron chi connectivity index (χ2n) is 4.77. The monoisotopic (exact) mass is 369 g/mol. The maximum Gasteiger partial charge on any atom is 0.236 e.